The highest BCUT2D eigenvalue weighted by atomic mass is 32.2. The van der Waals surface area contributed by atoms with Crippen LogP contribution in [0.1, 0.15) is 28.8 Å². The number of rotatable bonds is 6. The molecular weight excluding hydrogens is 326 g/mol. The predicted molar refractivity (Wildman–Crippen MR) is 90.8 cm³/mol. The van der Waals surface area contributed by atoms with Crippen LogP contribution < -0.4 is 0 Å². The number of amides is 1. The van der Waals surface area contributed by atoms with Gasteiger partial charge in [0, 0.05) is 32.0 Å². The molecule has 0 spiro atoms. The van der Waals surface area contributed by atoms with E-state index < -0.39 is 0 Å². The lowest BCUT2D eigenvalue weighted by Gasteiger charge is -2.11. The van der Waals surface area contributed by atoms with Crippen molar-refractivity contribution in [1.82, 2.24) is 25.1 Å². The topological polar surface area (TPSA) is 73.1 Å². The molecule has 24 heavy (non-hydrogen) atoms. The lowest BCUT2D eigenvalue weighted by Crippen LogP contribution is -2.21. The highest BCUT2D eigenvalue weighted by Crippen LogP contribution is 2.22. The van der Waals surface area contributed by atoms with Gasteiger partial charge in [-0.05, 0) is 41.0 Å². The second kappa shape index (κ2) is 7.76. The molecule has 1 aliphatic rings. The summed E-state index contributed by atoms with van der Waals surface area (Å²) in [5.41, 5.74) is 1.76. The van der Waals surface area contributed by atoms with Gasteiger partial charge in [-0.15, -0.1) is 5.10 Å². The van der Waals surface area contributed by atoms with Crippen LogP contribution in [0, 0.1) is 0 Å². The number of aromatic nitrogens is 4. The average molecular weight is 347 g/mol. The highest BCUT2D eigenvalue weighted by molar-refractivity contribution is 7.98. The second-order valence-corrected chi connectivity index (χ2v) is 6.91. The van der Waals surface area contributed by atoms with E-state index in [1.165, 1.54) is 0 Å². The van der Waals surface area contributed by atoms with Gasteiger partial charge in [-0.1, -0.05) is 23.9 Å². The third-order valence-corrected chi connectivity index (χ3v) is 4.88. The summed E-state index contributed by atoms with van der Waals surface area (Å²) >= 11 is 1.57. The molecule has 0 radical (unpaired) electrons. The molecule has 128 valence electrons. The van der Waals surface area contributed by atoms with Gasteiger partial charge < -0.3 is 9.64 Å². The van der Waals surface area contributed by atoms with Crippen molar-refractivity contribution in [3.05, 3.63) is 35.4 Å². The van der Waals surface area contributed by atoms with Crippen molar-refractivity contribution >= 4 is 17.7 Å². The summed E-state index contributed by atoms with van der Waals surface area (Å²) in [6, 6.07) is 7.66. The Hall–Kier alpha value is -1.93. The summed E-state index contributed by atoms with van der Waals surface area (Å²) in [4.78, 5) is 13.6. The van der Waals surface area contributed by atoms with E-state index in [1.807, 2.05) is 24.3 Å². The van der Waals surface area contributed by atoms with E-state index in [0.29, 0.717) is 17.9 Å². The van der Waals surface area contributed by atoms with Crippen molar-refractivity contribution in [2.75, 3.05) is 20.7 Å². The molecule has 3 rings (SSSR count). The first-order valence-corrected chi connectivity index (χ1v) is 8.93. The van der Waals surface area contributed by atoms with Crippen LogP contribution in [0.15, 0.2) is 29.4 Å². The summed E-state index contributed by atoms with van der Waals surface area (Å²) in [5.74, 6) is 0.713. The summed E-state index contributed by atoms with van der Waals surface area (Å²) < 4.78 is 7.44. The zero-order valence-corrected chi connectivity index (χ0v) is 14.7. The van der Waals surface area contributed by atoms with Gasteiger partial charge in [-0.2, -0.15) is 0 Å². The first kappa shape index (κ1) is 16.9. The van der Waals surface area contributed by atoms with Crippen molar-refractivity contribution in [2.24, 2.45) is 0 Å². The van der Waals surface area contributed by atoms with Gasteiger partial charge >= 0.3 is 0 Å². The Bertz CT molecular complexity index is 697. The second-order valence-electron chi connectivity index (χ2n) is 5.97. The molecule has 0 bridgehead atoms. The smallest absolute Gasteiger partial charge is 0.253 e. The first-order chi connectivity index (χ1) is 11.6. The minimum atomic E-state index is 0.00469. The number of ether oxygens (including phenoxy) is 1. The van der Waals surface area contributed by atoms with Crippen molar-refractivity contribution in [1.29, 1.82) is 0 Å². The minimum absolute atomic E-state index is 0.00469. The van der Waals surface area contributed by atoms with Crippen LogP contribution >= 0.6 is 11.8 Å². The zero-order valence-electron chi connectivity index (χ0n) is 13.9. The standard InChI is InChI=1S/C16H21N5O2S/c1-20(2)15(22)13-6-3-5-12(9-13)11-24-16-17-18-19-21(16)10-14-7-4-8-23-14/h3,5-6,9,14H,4,7-8,10-11H2,1-2H3/t14-/m1/s1. The fourth-order valence-corrected chi connectivity index (χ4v) is 3.43. The molecule has 2 heterocycles. The molecule has 1 aromatic heterocycles. The molecule has 0 aliphatic carbocycles. The number of benzene rings is 1. The van der Waals surface area contributed by atoms with E-state index >= 15 is 0 Å². The number of carbonyl (C=O) groups excluding carboxylic acids is 1. The van der Waals surface area contributed by atoms with Crippen molar-refractivity contribution in [3.8, 4) is 0 Å². The Kier molecular flexibility index (Phi) is 5.47. The molecule has 1 saturated heterocycles. The number of thioether (sulfide) groups is 1. The quantitative estimate of drug-likeness (QED) is 0.743. The maximum Gasteiger partial charge on any atom is 0.253 e. The minimum Gasteiger partial charge on any atom is -0.376 e. The van der Waals surface area contributed by atoms with Gasteiger partial charge in [-0.3, -0.25) is 4.79 Å². The normalized spacial score (nSPS) is 17.2. The molecule has 8 heteroatoms. The monoisotopic (exact) mass is 347 g/mol. The Morgan fingerprint density at radius 1 is 1.46 bits per heavy atom. The molecular formula is C16H21N5O2S. The van der Waals surface area contributed by atoms with Crippen molar-refractivity contribution in [3.63, 3.8) is 0 Å². The predicted octanol–water partition coefficient (Wildman–Crippen LogP) is 1.85. The summed E-state index contributed by atoms with van der Waals surface area (Å²) in [6.07, 6.45) is 2.36. The van der Waals surface area contributed by atoms with Crippen LogP contribution in [-0.4, -0.2) is 57.8 Å². The number of hydrogen-bond donors (Lipinski definition) is 0. The number of nitrogens with zero attached hydrogens (tertiary/aromatic N) is 5. The lowest BCUT2D eigenvalue weighted by molar-refractivity contribution is 0.0827. The highest BCUT2D eigenvalue weighted by Gasteiger charge is 2.19. The zero-order chi connectivity index (χ0) is 16.9. The molecule has 1 fully saturated rings. The van der Waals surface area contributed by atoms with E-state index in [9.17, 15) is 4.79 Å². The van der Waals surface area contributed by atoms with Gasteiger partial charge in [0.05, 0.1) is 12.6 Å². The van der Waals surface area contributed by atoms with Crippen LogP contribution in [0.2, 0.25) is 0 Å². The summed E-state index contributed by atoms with van der Waals surface area (Å²) in [7, 11) is 3.51. The Morgan fingerprint density at radius 3 is 3.08 bits per heavy atom. The van der Waals surface area contributed by atoms with E-state index in [2.05, 4.69) is 15.5 Å². The lowest BCUT2D eigenvalue weighted by atomic mass is 10.1. The van der Waals surface area contributed by atoms with Gasteiger partial charge in [0.1, 0.15) is 0 Å². The Labute approximate surface area is 145 Å². The number of hydrogen-bond acceptors (Lipinski definition) is 6. The molecule has 1 amide bonds. The largest absolute Gasteiger partial charge is 0.376 e. The maximum atomic E-state index is 12.0. The molecule has 0 saturated carbocycles. The molecule has 0 unspecified atom stereocenters. The molecule has 0 N–H and O–H groups in total. The van der Waals surface area contributed by atoms with Crippen LogP contribution in [0.3, 0.4) is 0 Å². The molecule has 7 nitrogen and oxygen atoms in total. The summed E-state index contributed by atoms with van der Waals surface area (Å²) in [5, 5.41) is 12.7. The Balaban J connectivity index is 1.63. The van der Waals surface area contributed by atoms with E-state index in [1.54, 1.807) is 35.4 Å². The third-order valence-electron chi connectivity index (χ3n) is 3.85. The fraction of sp³-hybridized carbons (Fsp3) is 0.500. The number of tetrazole rings is 1. The first-order valence-electron chi connectivity index (χ1n) is 7.94. The summed E-state index contributed by atoms with van der Waals surface area (Å²) in [6.45, 7) is 1.51. The fourth-order valence-electron chi connectivity index (χ4n) is 2.60. The number of carbonyl (C=O) groups is 1. The molecule has 2 aromatic rings. The van der Waals surface area contributed by atoms with Crippen molar-refractivity contribution < 1.29 is 9.53 Å². The SMILES string of the molecule is CN(C)C(=O)c1cccc(CSc2nnnn2C[C@H]2CCCO2)c1. The van der Waals surface area contributed by atoms with E-state index in [0.717, 1.165) is 30.2 Å². The van der Waals surface area contributed by atoms with Gasteiger partial charge in [0.25, 0.3) is 5.91 Å². The van der Waals surface area contributed by atoms with Crippen LogP contribution in [0.5, 0.6) is 0 Å². The van der Waals surface area contributed by atoms with Crippen LogP contribution in [0.4, 0.5) is 0 Å². The molecule has 1 atom stereocenters. The third kappa shape index (κ3) is 4.12. The van der Waals surface area contributed by atoms with E-state index in [4.69, 9.17) is 4.74 Å². The average Bonchev–Trinajstić information content (AvgIpc) is 3.25. The van der Waals surface area contributed by atoms with Crippen molar-refractivity contribution in [2.45, 2.75) is 36.4 Å². The van der Waals surface area contributed by atoms with Crippen LogP contribution in [-0.2, 0) is 17.0 Å². The van der Waals surface area contributed by atoms with Gasteiger partial charge in [-0.25, -0.2) is 4.68 Å². The molecule has 1 aliphatic heterocycles. The van der Waals surface area contributed by atoms with Gasteiger partial charge in [0.15, 0.2) is 0 Å². The Morgan fingerprint density at radius 2 is 2.33 bits per heavy atom. The van der Waals surface area contributed by atoms with Crippen LogP contribution in [0.25, 0.3) is 0 Å². The van der Waals surface area contributed by atoms with E-state index in [-0.39, 0.29) is 12.0 Å². The maximum absolute atomic E-state index is 12.0. The van der Waals surface area contributed by atoms with Gasteiger partial charge in [0.2, 0.25) is 5.16 Å². The molecule has 1 aromatic carbocycles.